The maximum Gasteiger partial charge on any atom is 0.221 e. The third-order valence-corrected chi connectivity index (χ3v) is 4.51. The van der Waals surface area contributed by atoms with Gasteiger partial charge in [0.25, 0.3) is 0 Å². The summed E-state index contributed by atoms with van der Waals surface area (Å²) in [6.45, 7) is 3.60. The SMILES string of the molecule is CC(=O)Nc1ccc(C)cc1C1c2ccccc2Oc2ccccc21. The Morgan fingerprint density at radius 2 is 1.48 bits per heavy atom. The Labute approximate surface area is 147 Å². The number of rotatable bonds is 2. The van der Waals surface area contributed by atoms with Crippen LogP contribution in [0.15, 0.2) is 66.7 Å². The summed E-state index contributed by atoms with van der Waals surface area (Å²) in [6.07, 6.45) is 0. The van der Waals surface area contributed by atoms with Crippen LogP contribution in [0.2, 0.25) is 0 Å². The first-order valence-electron chi connectivity index (χ1n) is 8.37. The van der Waals surface area contributed by atoms with E-state index < -0.39 is 0 Å². The van der Waals surface area contributed by atoms with Crippen LogP contribution in [-0.4, -0.2) is 5.91 Å². The molecule has 25 heavy (non-hydrogen) atoms. The second-order valence-electron chi connectivity index (χ2n) is 6.38. The first-order valence-corrected chi connectivity index (χ1v) is 8.37. The largest absolute Gasteiger partial charge is 0.457 e. The molecule has 3 aromatic carbocycles. The lowest BCUT2D eigenvalue weighted by atomic mass is 9.81. The maximum absolute atomic E-state index is 11.7. The van der Waals surface area contributed by atoms with Gasteiger partial charge in [-0.2, -0.15) is 0 Å². The zero-order valence-electron chi connectivity index (χ0n) is 14.2. The van der Waals surface area contributed by atoms with E-state index >= 15 is 0 Å². The molecule has 1 aliphatic rings. The smallest absolute Gasteiger partial charge is 0.221 e. The Morgan fingerprint density at radius 1 is 0.880 bits per heavy atom. The molecule has 1 heterocycles. The van der Waals surface area contributed by atoms with Gasteiger partial charge in [-0.05, 0) is 30.7 Å². The van der Waals surface area contributed by atoms with E-state index in [9.17, 15) is 4.79 Å². The molecule has 0 unspecified atom stereocenters. The first kappa shape index (κ1) is 15.5. The Morgan fingerprint density at radius 3 is 2.08 bits per heavy atom. The Kier molecular flexibility index (Phi) is 3.77. The number of anilines is 1. The highest BCUT2D eigenvalue weighted by Gasteiger charge is 2.30. The van der Waals surface area contributed by atoms with E-state index in [0.717, 1.165) is 39.4 Å². The van der Waals surface area contributed by atoms with Gasteiger partial charge in [-0.25, -0.2) is 0 Å². The molecule has 124 valence electrons. The van der Waals surface area contributed by atoms with Gasteiger partial charge in [0.15, 0.2) is 0 Å². The van der Waals surface area contributed by atoms with Gasteiger partial charge in [0.05, 0.1) is 0 Å². The summed E-state index contributed by atoms with van der Waals surface area (Å²) in [5.74, 6) is 1.67. The Balaban J connectivity index is 1.97. The molecule has 1 amide bonds. The van der Waals surface area contributed by atoms with Crippen LogP contribution in [0.25, 0.3) is 0 Å². The fourth-order valence-electron chi connectivity index (χ4n) is 3.47. The van der Waals surface area contributed by atoms with Gasteiger partial charge in [-0.15, -0.1) is 0 Å². The normalized spacial score (nSPS) is 12.7. The average molecular weight is 329 g/mol. The third-order valence-electron chi connectivity index (χ3n) is 4.51. The van der Waals surface area contributed by atoms with Crippen molar-refractivity contribution >= 4 is 11.6 Å². The molecular formula is C22H19NO2. The number of hydrogen-bond acceptors (Lipinski definition) is 2. The van der Waals surface area contributed by atoms with E-state index in [1.54, 1.807) is 0 Å². The number of carbonyl (C=O) groups excluding carboxylic acids is 1. The van der Waals surface area contributed by atoms with Crippen molar-refractivity contribution in [2.45, 2.75) is 19.8 Å². The monoisotopic (exact) mass is 329 g/mol. The van der Waals surface area contributed by atoms with Crippen LogP contribution >= 0.6 is 0 Å². The number of ether oxygens (including phenoxy) is 1. The van der Waals surface area contributed by atoms with E-state index in [-0.39, 0.29) is 11.8 Å². The molecule has 0 bridgehead atoms. The van der Waals surface area contributed by atoms with Crippen molar-refractivity contribution in [3.63, 3.8) is 0 Å². The Bertz CT molecular complexity index is 916. The van der Waals surface area contributed by atoms with Crippen LogP contribution in [-0.2, 0) is 4.79 Å². The maximum atomic E-state index is 11.7. The fraction of sp³-hybridized carbons (Fsp3) is 0.136. The predicted molar refractivity (Wildman–Crippen MR) is 99.4 cm³/mol. The summed E-state index contributed by atoms with van der Waals surface area (Å²) in [5, 5.41) is 2.98. The van der Waals surface area contributed by atoms with Crippen LogP contribution < -0.4 is 10.1 Å². The fourth-order valence-corrected chi connectivity index (χ4v) is 3.47. The van der Waals surface area contributed by atoms with E-state index in [4.69, 9.17) is 4.74 Å². The van der Waals surface area contributed by atoms with E-state index in [0.29, 0.717) is 0 Å². The topological polar surface area (TPSA) is 38.3 Å². The molecule has 0 atom stereocenters. The molecule has 0 aliphatic carbocycles. The summed E-state index contributed by atoms with van der Waals surface area (Å²) in [4.78, 5) is 11.7. The van der Waals surface area contributed by atoms with Crippen LogP contribution in [0.4, 0.5) is 5.69 Å². The number of nitrogens with one attached hydrogen (secondary N) is 1. The second kappa shape index (κ2) is 6.10. The number of fused-ring (bicyclic) bond motifs is 2. The standard InChI is InChI=1S/C22H19NO2/c1-14-11-12-19(23-15(2)24)18(13-14)22-16-7-3-5-9-20(16)25-21-10-6-4-8-17(21)22/h3-13,22H,1-2H3,(H,23,24). The molecule has 0 saturated heterocycles. The quantitative estimate of drug-likeness (QED) is 0.546. The van der Waals surface area contributed by atoms with E-state index in [1.165, 1.54) is 6.92 Å². The molecule has 3 aromatic rings. The number of hydrogen-bond donors (Lipinski definition) is 1. The third kappa shape index (κ3) is 2.78. The average Bonchev–Trinajstić information content (AvgIpc) is 2.61. The lowest BCUT2D eigenvalue weighted by Gasteiger charge is -2.30. The van der Waals surface area contributed by atoms with Crippen molar-refractivity contribution in [1.82, 2.24) is 0 Å². The summed E-state index contributed by atoms with van der Waals surface area (Å²) in [6, 6.07) is 22.3. The number of aryl methyl sites for hydroxylation is 1. The zero-order valence-corrected chi connectivity index (χ0v) is 14.2. The summed E-state index contributed by atoms with van der Waals surface area (Å²) in [7, 11) is 0. The molecule has 0 radical (unpaired) electrons. The number of para-hydroxylation sites is 2. The molecular weight excluding hydrogens is 310 g/mol. The molecule has 3 heteroatoms. The molecule has 1 aliphatic heterocycles. The summed E-state index contributed by atoms with van der Waals surface area (Å²) in [5.41, 5.74) is 5.30. The van der Waals surface area contributed by atoms with Gasteiger partial charge in [-0.1, -0.05) is 54.1 Å². The van der Waals surface area contributed by atoms with Crippen molar-refractivity contribution < 1.29 is 9.53 Å². The molecule has 3 nitrogen and oxygen atoms in total. The minimum atomic E-state index is -0.0706. The van der Waals surface area contributed by atoms with E-state index in [2.05, 4.69) is 30.4 Å². The number of carbonyl (C=O) groups is 1. The molecule has 0 aromatic heterocycles. The van der Waals surface area contributed by atoms with Gasteiger partial charge < -0.3 is 10.1 Å². The lowest BCUT2D eigenvalue weighted by molar-refractivity contribution is -0.114. The van der Waals surface area contributed by atoms with Gasteiger partial charge in [0, 0.05) is 29.7 Å². The molecule has 0 fully saturated rings. The molecule has 1 N–H and O–H groups in total. The summed E-state index contributed by atoms with van der Waals surface area (Å²) >= 11 is 0. The van der Waals surface area contributed by atoms with Crippen molar-refractivity contribution in [1.29, 1.82) is 0 Å². The highest BCUT2D eigenvalue weighted by atomic mass is 16.5. The van der Waals surface area contributed by atoms with Gasteiger partial charge in [-0.3, -0.25) is 4.79 Å². The predicted octanol–water partition coefficient (Wildman–Crippen LogP) is 5.24. The lowest BCUT2D eigenvalue weighted by Crippen LogP contribution is -2.15. The minimum Gasteiger partial charge on any atom is -0.457 e. The van der Waals surface area contributed by atoms with Gasteiger partial charge in [0.2, 0.25) is 5.91 Å². The molecule has 0 spiro atoms. The minimum absolute atomic E-state index is 0.0166. The number of amides is 1. The first-order chi connectivity index (χ1) is 12.1. The van der Waals surface area contributed by atoms with Crippen LogP contribution in [0.1, 0.15) is 35.1 Å². The highest BCUT2D eigenvalue weighted by molar-refractivity contribution is 5.90. The van der Waals surface area contributed by atoms with Crippen LogP contribution in [0, 0.1) is 6.92 Å². The summed E-state index contributed by atoms with van der Waals surface area (Å²) < 4.78 is 6.09. The van der Waals surface area contributed by atoms with Gasteiger partial charge in [0.1, 0.15) is 11.5 Å². The highest BCUT2D eigenvalue weighted by Crippen LogP contribution is 2.48. The van der Waals surface area contributed by atoms with Crippen LogP contribution in [0.5, 0.6) is 11.5 Å². The van der Waals surface area contributed by atoms with Crippen molar-refractivity contribution in [3.05, 3.63) is 89.0 Å². The Hall–Kier alpha value is -3.07. The van der Waals surface area contributed by atoms with Crippen molar-refractivity contribution in [3.8, 4) is 11.5 Å². The molecule has 0 saturated carbocycles. The van der Waals surface area contributed by atoms with Crippen molar-refractivity contribution in [2.75, 3.05) is 5.32 Å². The number of benzene rings is 3. The van der Waals surface area contributed by atoms with Crippen LogP contribution in [0.3, 0.4) is 0 Å². The van der Waals surface area contributed by atoms with Crippen molar-refractivity contribution in [2.24, 2.45) is 0 Å². The van der Waals surface area contributed by atoms with E-state index in [1.807, 2.05) is 48.5 Å². The van der Waals surface area contributed by atoms with Gasteiger partial charge >= 0.3 is 0 Å². The zero-order chi connectivity index (χ0) is 17.4. The molecule has 4 rings (SSSR count). The second-order valence-corrected chi connectivity index (χ2v) is 6.38.